The van der Waals surface area contributed by atoms with Gasteiger partial charge >= 0.3 is 0 Å². The molecule has 0 saturated carbocycles. The summed E-state index contributed by atoms with van der Waals surface area (Å²) in [5.41, 5.74) is 2.00. The van der Waals surface area contributed by atoms with Crippen LogP contribution in [0.1, 0.15) is 86.7 Å². The van der Waals surface area contributed by atoms with Crippen molar-refractivity contribution in [2.45, 2.75) is 83.6 Å². The summed E-state index contributed by atoms with van der Waals surface area (Å²) in [6.07, 6.45) is 18.2. The van der Waals surface area contributed by atoms with Crippen LogP contribution in [0.2, 0.25) is 0 Å². The molecule has 0 aromatic carbocycles. The van der Waals surface area contributed by atoms with Crippen molar-refractivity contribution in [2.75, 3.05) is 36.9 Å². The minimum Gasteiger partial charge on any atom is -0.355 e. The molecule has 3 N–H and O–H groups in total. The SMILES string of the molecule is CNC(=O)c1ncc(Nc2nccc(N3C[C@H]4CCCCCCCCCCN[C@H](CC4)C3)n2)cc1C. The quantitative estimate of drug-likeness (QED) is 0.553. The minimum atomic E-state index is -0.187. The van der Waals surface area contributed by atoms with Gasteiger partial charge in [0.2, 0.25) is 5.95 Å². The van der Waals surface area contributed by atoms with E-state index in [-0.39, 0.29) is 5.91 Å². The number of carbonyl (C=O) groups is 1. The predicted molar refractivity (Wildman–Crippen MR) is 146 cm³/mol. The highest BCUT2D eigenvalue weighted by Gasteiger charge is 2.25. The molecule has 2 aromatic rings. The Kier molecular flexibility index (Phi) is 9.90. The maximum absolute atomic E-state index is 12.0. The number of anilines is 3. The average molecular weight is 494 g/mol. The summed E-state index contributed by atoms with van der Waals surface area (Å²) in [6.45, 7) is 5.02. The third-order valence-corrected chi connectivity index (χ3v) is 7.56. The number of hydrogen-bond donors (Lipinski definition) is 3. The van der Waals surface area contributed by atoms with Gasteiger partial charge in [-0.1, -0.05) is 44.9 Å². The zero-order chi connectivity index (χ0) is 25.2. The third-order valence-electron chi connectivity index (χ3n) is 7.56. The van der Waals surface area contributed by atoms with Crippen LogP contribution in [0.25, 0.3) is 0 Å². The molecule has 0 radical (unpaired) electrons. The van der Waals surface area contributed by atoms with Crippen molar-refractivity contribution in [3.63, 3.8) is 0 Å². The molecule has 2 aliphatic rings. The number of nitrogens with one attached hydrogen (secondary N) is 3. The first-order valence-corrected chi connectivity index (χ1v) is 13.9. The van der Waals surface area contributed by atoms with Crippen LogP contribution >= 0.6 is 0 Å². The largest absolute Gasteiger partial charge is 0.355 e. The smallest absolute Gasteiger partial charge is 0.269 e. The van der Waals surface area contributed by atoms with Crippen molar-refractivity contribution in [3.05, 3.63) is 35.8 Å². The van der Waals surface area contributed by atoms with Crippen molar-refractivity contribution < 1.29 is 4.79 Å². The van der Waals surface area contributed by atoms with Gasteiger partial charge in [-0.2, -0.15) is 4.98 Å². The van der Waals surface area contributed by atoms with Crippen LogP contribution in [-0.2, 0) is 0 Å². The third kappa shape index (κ3) is 7.63. The summed E-state index contributed by atoms with van der Waals surface area (Å²) < 4.78 is 0. The minimum absolute atomic E-state index is 0.187. The normalized spacial score (nSPS) is 22.2. The summed E-state index contributed by atoms with van der Waals surface area (Å²) in [5.74, 6) is 2.04. The molecule has 2 bridgehead atoms. The fourth-order valence-electron chi connectivity index (χ4n) is 5.50. The second-order valence-corrected chi connectivity index (χ2v) is 10.4. The number of aromatic nitrogens is 3. The Morgan fingerprint density at radius 1 is 1.00 bits per heavy atom. The Balaban J connectivity index is 1.47. The van der Waals surface area contributed by atoms with Gasteiger partial charge in [0, 0.05) is 32.4 Å². The first kappa shape index (κ1) is 26.3. The molecule has 8 nitrogen and oxygen atoms in total. The second kappa shape index (κ2) is 13.5. The molecule has 0 spiro atoms. The highest BCUT2D eigenvalue weighted by Crippen LogP contribution is 2.27. The second-order valence-electron chi connectivity index (χ2n) is 10.4. The highest BCUT2D eigenvalue weighted by molar-refractivity contribution is 5.93. The predicted octanol–water partition coefficient (Wildman–Crippen LogP) is 4.98. The van der Waals surface area contributed by atoms with E-state index >= 15 is 0 Å². The standard InChI is InChI=1S/C28H43N7O/c1-21-17-24(18-32-26(21)27(36)29-2)33-28-31-16-14-25(34-28)35-19-22-11-9-7-5-3-4-6-8-10-15-30-23(20-35)13-12-22/h14,16-18,22-23,30H,3-13,15,19-20H2,1-2H3,(H,29,36)(H,31,33,34)/t22-,23+/m0/s1. The number of hydrogen-bond acceptors (Lipinski definition) is 7. The lowest BCUT2D eigenvalue weighted by Gasteiger charge is -2.28. The van der Waals surface area contributed by atoms with E-state index in [0.717, 1.165) is 36.7 Å². The number of carbonyl (C=O) groups excluding carboxylic acids is 1. The van der Waals surface area contributed by atoms with E-state index in [9.17, 15) is 4.79 Å². The van der Waals surface area contributed by atoms with E-state index in [1.807, 2.05) is 25.3 Å². The monoisotopic (exact) mass is 493 g/mol. The van der Waals surface area contributed by atoms with Crippen LogP contribution in [0.15, 0.2) is 24.5 Å². The van der Waals surface area contributed by atoms with Crippen molar-refractivity contribution >= 4 is 23.4 Å². The molecule has 196 valence electrons. The number of rotatable bonds is 4. The Hall–Kier alpha value is -2.74. The van der Waals surface area contributed by atoms with Crippen LogP contribution in [0, 0.1) is 12.8 Å². The first-order valence-electron chi connectivity index (χ1n) is 13.9. The molecular weight excluding hydrogens is 450 g/mol. The van der Waals surface area contributed by atoms with Crippen molar-refractivity contribution in [2.24, 2.45) is 5.92 Å². The van der Waals surface area contributed by atoms with Crippen LogP contribution in [0.5, 0.6) is 0 Å². The Labute approximate surface area is 216 Å². The maximum atomic E-state index is 12.0. The number of amides is 1. The molecule has 2 fully saturated rings. The lowest BCUT2D eigenvalue weighted by Crippen LogP contribution is -2.41. The average Bonchev–Trinajstić information content (AvgIpc) is 3.09. The molecule has 2 atom stereocenters. The van der Waals surface area contributed by atoms with E-state index in [1.54, 1.807) is 13.2 Å². The Morgan fingerprint density at radius 3 is 2.56 bits per heavy atom. The molecule has 8 heteroatoms. The number of nitrogens with zero attached hydrogens (tertiary/aromatic N) is 4. The number of pyridine rings is 1. The topological polar surface area (TPSA) is 95.1 Å². The fourth-order valence-corrected chi connectivity index (χ4v) is 5.50. The van der Waals surface area contributed by atoms with Crippen molar-refractivity contribution in [1.82, 2.24) is 25.6 Å². The van der Waals surface area contributed by atoms with Gasteiger partial charge in [0.25, 0.3) is 5.91 Å². The zero-order valence-corrected chi connectivity index (χ0v) is 22.1. The van der Waals surface area contributed by atoms with Gasteiger partial charge in [0.05, 0.1) is 11.9 Å². The lowest BCUT2D eigenvalue weighted by atomic mass is 9.95. The van der Waals surface area contributed by atoms with Gasteiger partial charge in [-0.3, -0.25) is 4.79 Å². The van der Waals surface area contributed by atoms with Crippen LogP contribution < -0.4 is 20.9 Å². The Bertz CT molecular complexity index is 960. The van der Waals surface area contributed by atoms with E-state index in [1.165, 1.54) is 70.6 Å². The van der Waals surface area contributed by atoms with Gasteiger partial charge in [0.1, 0.15) is 11.5 Å². The summed E-state index contributed by atoms with van der Waals surface area (Å²) in [6, 6.07) is 4.43. The molecule has 0 unspecified atom stereocenters. The molecule has 0 aliphatic carbocycles. The first-order chi connectivity index (χ1) is 17.6. The van der Waals surface area contributed by atoms with E-state index < -0.39 is 0 Å². The van der Waals surface area contributed by atoms with Gasteiger partial charge in [-0.15, -0.1) is 0 Å². The summed E-state index contributed by atoms with van der Waals surface area (Å²) in [5, 5.41) is 9.77. The van der Waals surface area contributed by atoms with E-state index in [4.69, 9.17) is 4.98 Å². The molecule has 2 aromatic heterocycles. The van der Waals surface area contributed by atoms with Crippen LogP contribution in [0.3, 0.4) is 0 Å². The highest BCUT2D eigenvalue weighted by atomic mass is 16.1. The van der Waals surface area contributed by atoms with Crippen molar-refractivity contribution in [3.8, 4) is 0 Å². The lowest BCUT2D eigenvalue weighted by molar-refractivity contribution is 0.0957. The summed E-state index contributed by atoms with van der Waals surface area (Å²) in [4.78, 5) is 28.1. The van der Waals surface area contributed by atoms with E-state index in [0.29, 0.717) is 23.6 Å². The fraction of sp³-hybridized carbons (Fsp3) is 0.643. The number of aryl methyl sites for hydroxylation is 1. The zero-order valence-electron chi connectivity index (χ0n) is 22.1. The molecule has 2 saturated heterocycles. The van der Waals surface area contributed by atoms with Crippen LogP contribution in [-0.4, -0.2) is 53.6 Å². The maximum Gasteiger partial charge on any atom is 0.269 e. The van der Waals surface area contributed by atoms with Crippen LogP contribution in [0.4, 0.5) is 17.5 Å². The molecule has 4 rings (SSSR count). The summed E-state index contributed by atoms with van der Waals surface area (Å²) >= 11 is 0. The van der Waals surface area contributed by atoms with Gasteiger partial charge < -0.3 is 20.9 Å². The molecular formula is C28H43N7O. The van der Waals surface area contributed by atoms with Gasteiger partial charge in [-0.05, 0) is 62.8 Å². The van der Waals surface area contributed by atoms with Gasteiger partial charge in [-0.25, -0.2) is 9.97 Å². The van der Waals surface area contributed by atoms with E-state index in [2.05, 4.69) is 30.8 Å². The molecule has 2 aliphatic heterocycles. The summed E-state index contributed by atoms with van der Waals surface area (Å²) in [7, 11) is 1.61. The molecule has 4 heterocycles. The molecule has 1 amide bonds. The van der Waals surface area contributed by atoms with Crippen molar-refractivity contribution in [1.29, 1.82) is 0 Å². The molecule has 36 heavy (non-hydrogen) atoms. The van der Waals surface area contributed by atoms with Gasteiger partial charge in [0.15, 0.2) is 0 Å². The Morgan fingerprint density at radius 2 is 1.78 bits per heavy atom. The number of fused-ring (bicyclic) bond motifs is 3.